The molecule has 2 atom stereocenters. The number of ether oxygens (including phenoxy) is 1. The van der Waals surface area contributed by atoms with E-state index in [0.29, 0.717) is 12.0 Å². The highest BCUT2D eigenvalue weighted by Crippen LogP contribution is 2.42. The minimum atomic E-state index is -2.90. The van der Waals surface area contributed by atoms with Gasteiger partial charge in [-0.1, -0.05) is 106 Å². The Bertz CT molecular complexity index is 1220. The molecule has 1 heterocycles. The molecule has 5 nitrogen and oxygen atoms in total. The highest BCUT2D eigenvalue weighted by atomic mass is 28.4. The fraction of sp³-hybridized carbons (Fsp3) is 0.312. The van der Waals surface area contributed by atoms with Crippen molar-refractivity contribution in [3.8, 4) is 0 Å². The Morgan fingerprint density at radius 2 is 1.45 bits per heavy atom. The SMILES string of the molecule is C=CC[C@]1(C(=O)OC)C[C@@H](O[Si](c2ccccc2)(c2ccccc2)C(C)(C)C)CN1C(=O)c1ccccc1. The zero-order valence-electron chi connectivity index (χ0n) is 22.7. The molecule has 1 aliphatic heterocycles. The molecule has 3 aromatic carbocycles. The van der Waals surface area contributed by atoms with E-state index < -0.39 is 19.8 Å². The van der Waals surface area contributed by atoms with Crippen LogP contribution in [0.3, 0.4) is 0 Å². The lowest BCUT2D eigenvalue weighted by Gasteiger charge is -2.44. The van der Waals surface area contributed by atoms with Gasteiger partial charge in [-0.15, -0.1) is 6.58 Å². The molecule has 1 fully saturated rings. The van der Waals surface area contributed by atoms with E-state index in [1.807, 2.05) is 54.6 Å². The van der Waals surface area contributed by atoms with Crippen molar-refractivity contribution in [2.24, 2.45) is 0 Å². The van der Waals surface area contributed by atoms with Gasteiger partial charge in [0, 0.05) is 18.5 Å². The Morgan fingerprint density at radius 1 is 0.947 bits per heavy atom. The lowest BCUT2D eigenvalue weighted by Crippen LogP contribution is -2.67. The Kier molecular flexibility index (Phi) is 8.04. The molecule has 0 spiro atoms. The van der Waals surface area contributed by atoms with Crippen LogP contribution >= 0.6 is 0 Å². The van der Waals surface area contributed by atoms with Crippen LogP contribution < -0.4 is 10.4 Å². The highest BCUT2D eigenvalue weighted by Gasteiger charge is 2.58. The zero-order chi connectivity index (χ0) is 27.4. The average molecular weight is 528 g/mol. The molecule has 0 saturated carbocycles. The molecule has 0 radical (unpaired) electrons. The molecule has 198 valence electrons. The predicted octanol–water partition coefficient (Wildman–Crippen LogP) is 4.97. The number of carbonyl (C=O) groups excluding carboxylic acids is 2. The van der Waals surface area contributed by atoms with E-state index >= 15 is 0 Å². The number of hydrogen-bond donors (Lipinski definition) is 0. The summed E-state index contributed by atoms with van der Waals surface area (Å²) in [5.74, 6) is -0.665. The van der Waals surface area contributed by atoms with E-state index in [1.165, 1.54) is 7.11 Å². The lowest BCUT2D eigenvalue weighted by atomic mass is 9.90. The number of esters is 1. The fourth-order valence-electron chi connectivity index (χ4n) is 5.86. The third kappa shape index (κ3) is 4.86. The van der Waals surface area contributed by atoms with Gasteiger partial charge in [-0.25, -0.2) is 4.79 Å². The lowest BCUT2D eigenvalue weighted by molar-refractivity contribution is -0.152. The number of amides is 1. The van der Waals surface area contributed by atoms with Crippen molar-refractivity contribution in [1.82, 2.24) is 4.90 Å². The molecule has 4 rings (SSSR count). The van der Waals surface area contributed by atoms with Gasteiger partial charge in [0.1, 0.15) is 5.54 Å². The zero-order valence-corrected chi connectivity index (χ0v) is 23.7. The summed E-state index contributed by atoms with van der Waals surface area (Å²) in [4.78, 5) is 28.9. The van der Waals surface area contributed by atoms with E-state index in [0.717, 1.165) is 10.4 Å². The predicted molar refractivity (Wildman–Crippen MR) is 154 cm³/mol. The molecule has 0 N–H and O–H groups in total. The molecule has 0 aromatic heterocycles. The van der Waals surface area contributed by atoms with Crippen molar-refractivity contribution in [2.45, 2.75) is 50.3 Å². The number of methoxy groups -OCH3 is 1. The second kappa shape index (κ2) is 11.1. The quantitative estimate of drug-likeness (QED) is 0.236. The summed E-state index contributed by atoms with van der Waals surface area (Å²) in [6.07, 6.45) is 1.91. The number of hydrogen-bond acceptors (Lipinski definition) is 4. The third-order valence-corrected chi connectivity index (χ3v) is 12.6. The summed E-state index contributed by atoms with van der Waals surface area (Å²) in [5, 5.41) is 2.07. The van der Waals surface area contributed by atoms with E-state index in [9.17, 15) is 9.59 Å². The van der Waals surface area contributed by atoms with Crippen LogP contribution in [-0.4, -0.2) is 50.4 Å². The van der Waals surface area contributed by atoms with Gasteiger partial charge in [0.15, 0.2) is 0 Å². The van der Waals surface area contributed by atoms with Crippen molar-refractivity contribution in [3.05, 3.63) is 109 Å². The molecule has 1 amide bonds. The van der Waals surface area contributed by atoms with Crippen molar-refractivity contribution >= 4 is 30.6 Å². The monoisotopic (exact) mass is 527 g/mol. The number of benzene rings is 3. The van der Waals surface area contributed by atoms with Gasteiger partial charge in [0.2, 0.25) is 0 Å². The first-order chi connectivity index (χ1) is 18.2. The first-order valence-corrected chi connectivity index (χ1v) is 15.0. The fourth-order valence-corrected chi connectivity index (χ4v) is 10.5. The van der Waals surface area contributed by atoms with Gasteiger partial charge in [0.05, 0.1) is 13.2 Å². The normalized spacial score (nSPS) is 19.7. The first-order valence-electron chi connectivity index (χ1n) is 13.0. The molecule has 1 saturated heterocycles. The van der Waals surface area contributed by atoms with Crippen LogP contribution in [0, 0.1) is 0 Å². The van der Waals surface area contributed by atoms with Crippen molar-refractivity contribution < 1.29 is 18.8 Å². The highest BCUT2D eigenvalue weighted by molar-refractivity contribution is 6.99. The van der Waals surface area contributed by atoms with Crippen LogP contribution in [0.25, 0.3) is 0 Å². The number of rotatable bonds is 8. The Labute approximate surface area is 227 Å². The number of likely N-dealkylation sites (tertiary alicyclic amines) is 1. The van der Waals surface area contributed by atoms with Gasteiger partial charge >= 0.3 is 5.97 Å². The van der Waals surface area contributed by atoms with Crippen LogP contribution in [0.1, 0.15) is 44.0 Å². The van der Waals surface area contributed by atoms with Crippen LogP contribution in [0.15, 0.2) is 104 Å². The van der Waals surface area contributed by atoms with Crippen molar-refractivity contribution in [1.29, 1.82) is 0 Å². The molecular weight excluding hydrogens is 490 g/mol. The van der Waals surface area contributed by atoms with Crippen molar-refractivity contribution in [2.75, 3.05) is 13.7 Å². The second-order valence-corrected chi connectivity index (χ2v) is 15.2. The summed E-state index contributed by atoms with van der Waals surface area (Å²) in [6.45, 7) is 10.8. The molecule has 0 aliphatic carbocycles. The minimum absolute atomic E-state index is 0.216. The van der Waals surface area contributed by atoms with Gasteiger partial charge in [-0.3, -0.25) is 4.79 Å². The van der Waals surface area contributed by atoms with Gasteiger partial charge in [0.25, 0.3) is 14.2 Å². The maximum atomic E-state index is 13.8. The second-order valence-electron chi connectivity index (χ2n) is 10.9. The summed E-state index contributed by atoms with van der Waals surface area (Å²) in [6, 6.07) is 29.8. The van der Waals surface area contributed by atoms with Gasteiger partial charge < -0.3 is 14.1 Å². The van der Waals surface area contributed by atoms with Crippen LogP contribution in [-0.2, 0) is 14.0 Å². The standard InChI is InChI=1S/C32H37NO4Si/c1-6-22-32(30(35)36-5)23-26(24-33(32)29(34)25-16-10-7-11-17-25)37-38(31(2,3)4,27-18-12-8-13-19-27)28-20-14-9-15-21-28/h6-21,26H,1,22-24H2,2-5H3/t26-,32-/m1/s1. The molecule has 6 heteroatoms. The Morgan fingerprint density at radius 3 is 1.89 bits per heavy atom. The van der Waals surface area contributed by atoms with Crippen molar-refractivity contribution in [3.63, 3.8) is 0 Å². The molecule has 0 bridgehead atoms. The molecular formula is C32H37NO4Si. The third-order valence-electron chi connectivity index (χ3n) is 7.54. The first kappa shape index (κ1) is 27.5. The van der Waals surface area contributed by atoms with Crippen LogP contribution in [0.5, 0.6) is 0 Å². The molecule has 38 heavy (non-hydrogen) atoms. The summed E-state index contributed by atoms with van der Waals surface area (Å²) < 4.78 is 12.6. The molecule has 1 aliphatic rings. The molecule has 0 unspecified atom stereocenters. The minimum Gasteiger partial charge on any atom is -0.467 e. The topological polar surface area (TPSA) is 55.8 Å². The molecule has 3 aromatic rings. The Hall–Kier alpha value is -3.48. The average Bonchev–Trinajstić information content (AvgIpc) is 3.30. The maximum absolute atomic E-state index is 13.8. The van der Waals surface area contributed by atoms with E-state index in [1.54, 1.807) is 23.1 Å². The largest absolute Gasteiger partial charge is 0.467 e. The smallest absolute Gasteiger partial charge is 0.332 e. The van der Waals surface area contributed by atoms with Gasteiger partial charge in [-0.2, -0.15) is 0 Å². The summed E-state index contributed by atoms with van der Waals surface area (Å²) in [7, 11) is -1.53. The van der Waals surface area contributed by atoms with Crippen LogP contribution in [0.4, 0.5) is 0 Å². The van der Waals surface area contributed by atoms with E-state index in [2.05, 4.69) is 51.6 Å². The summed E-state index contributed by atoms with van der Waals surface area (Å²) >= 11 is 0. The number of carbonyl (C=O) groups is 2. The Balaban J connectivity index is 1.85. The van der Waals surface area contributed by atoms with E-state index in [-0.39, 0.29) is 30.0 Å². The summed E-state index contributed by atoms with van der Waals surface area (Å²) in [5.41, 5.74) is -0.671. The van der Waals surface area contributed by atoms with Gasteiger partial charge in [-0.05, 0) is 34.0 Å². The van der Waals surface area contributed by atoms with Crippen LogP contribution in [0.2, 0.25) is 5.04 Å². The van der Waals surface area contributed by atoms with E-state index in [4.69, 9.17) is 9.16 Å². The number of nitrogens with zero attached hydrogens (tertiary/aromatic N) is 1. The maximum Gasteiger partial charge on any atom is 0.332 e.